The van der Waals surface area contributed by atoms with Crippen molar-refractivity contribution in [3.05, 3.63) is 16.1 Å². The van der Waals surface area contributed by atoms with Gasteiger partial charge in [-0.1, -0.05) is 0 Å². The molecule has 16 heavy (non-hydrogen) atoms. The molecule has 6 heteroatoms. The monoisotopic (exact) mass is 243 g/mol. The zero-order chi connectivity index (χ0) is 12.3. The predicted octanol–water partition coefficient (Wildman–Crippen LogP) is 1.26. The fourth-order valence-electron chi connectivity index (χ4n) is 1.30. The van der Waals surface area contributed by atoms with Gasteiger partial charge in [-0.25, -0.2) is 4.98 Å². The molecule has 0 aromatic carbocycles. The topological polar surface area (TPSA) is 76.5 Å². The summed E-state index contributed by atoms with van der Waals surface area (Å²) in [5.41, 5.74) is -1.55. The fraction of sp³-hybridized carbons (Fsp3) is 0.500. The Bertz CT molecular complexity index is 415. The zero-order valence-corrected chi connectivity index (χ0v) is 10.1. The molecule has 0 amide bonds. The number of aryl methyl sites for hydroxylation is 1. The number of thiazole rings is 1. The molecule has 1 aromatic heterocycles. The second-order valence-electron chi connectivity index (χ2n) is 3.65. The average Bonchev–Trinajstić information content (AvgIpc) is 2.62. The largest absolute Gasteiger partial charge is 0.480 e. The van der Waals surface area contributed by atoms with Crippen LogP contribution in [-0.2, 0) is 20.7 Å². The number of hydrogen-bond donors (Lipinski definition) is 1. The van der Waals surface area contributed by atoms with Crippen molar-refractivity contribution in [3.63, 3.8) is 0 Å². The second-order valence-corrected chi connectivity index (χ2v) is 4.97. The van der Waals surface area contributed by atoms with E-state index < -0.39 is 17.4 Å². The summed E-state index contributed by atoms with van der Waals surface area (Å²) in [6.45, 7) is 3.18. The van der Waals surface area contributed by atoms with Gasteiger partial charge in [0, 0.05) is 17.5 Å². The van der Waals surface area contributed by atoms with Gasteiger partial charge in [0.1, 0.15) is 0 Å². The van der Waals surface area contributed by atoms with Gasteiger partial charge >= 0.3 is 11.9 Å². The van der Waals surface area contributed by atoms with E-state index in [1.54, 1.807) is 6.20 Å². The summed E-state index contributed by atoms with van der Waals surface area (Å²) in [4.78, 5) is 27.4. The number of ether oxygens (including phenoxy) is 1. The normalized spacial score (nSPS) is 14.2. The Labute approximate surface area is 97.1 Å². The van der Waals surface area contributed by atoms with Crippen molar-refractivity contribution in [1.29, 1.82) is 0 Å². The molecule has 1 heterocycles. The number of carbonyl (C=O) groups excluding carboxylic acids is 1. The maximum absolute atomic E-state index is 11.5. The van der Waals surface area contributed by atoms with Gasteiger partial charge in [-0.15, -0.1) is 11.3 Å². The van der Waals surface area contributed by atoms with E-state index in [9.17, 15) is 9.59 Å². The lowest BCUT2D eigenvalue weighted by atomic mass is 9.86. The molecule has 5 nitrogen and oxygen atoms in total. The molecule has 88 valence electrons. The van der Waals surface area contributed by atoms with Crippen LogP contribution in [-0.4, -0.2) is 29.1 Å². The number of rotatable bonds is 4. The summed E-state index contributed by atoms with van der Waals surface area (Å²) in [5.74, 6) is -1.93. The number of aromatic nitrogens is 1. The quantitative estimate of drug-likeness (QED) is 0.636. The summed E-state index contributed by atoms with van der Waals surface area (Å²) in [6, 6.07) is 0. The maximum Gasteiger partial charge on any atom is 0.323 e. The lowest BCUT2D eigenvalue weighted by molar-refractivity contribution is -0.165. The Kier molecular flexibility index (Phi) is 3.64. The molecule has 0 saturated heterocycles. The van der Waals surface area contributed by atoms with E-state index in [0.717, 1.165) is 9.88 Å². The number of hydrogen-bond acceptors (Lipinski definition) is 5. The number of aliphatic carboxylic acids is 1. The molecule has 1 aromatic rings. The molecule has 0 saturated carbocycles. The maximum atomic E-state index is 11.5. The van der Waals surface area contributed by atoms with Crippen molar-refractivity contribution in [3.8, 4) is 0 Å². The number of methoxy groups -OCH3 is 1. The summed E-state index contributed by atoms with van der Waals surface area (Å²) in [7, 11) is 1.18. The smallest absolute Gasteiger partial charge is 0.323 e. The molecule has 0 radical (unpaired) electrons. The minimum atomic E-state index is -1.55. The van der Waals surface area contributed by atoms with Gasteiger partial charge in [-0.05, 0) is 13.8 Å². The summed E-state index contributed by atoms with van der Waals surface area (Å²) in [5, 5.41) is 9.93. The molecule has 1 N–H and O–H groups in total. The molecule has 0 aliphatic rings. The third kappa shape index (κ3) is 2.38. The lowest BCUT2D eigenvalue weighted by Gasteiger charge is -2.20. The van der Waals surface area contributed by atoms with Gasteiger partial charge in [0.25, 0.3) is 0 Å². The summed E-state index contributed by atoms with van der Waals surface area (Å²) < 4.78 is 4.52. The van der Waals surface area contributed by atoms with Gasteiger partial charge in [0.2, 0.25) is 0 Å². The molecular weight excluding hydrogens is 230 g/mol. The number of carboxylic acids is 1. The Morgan fingerprint density at radius 1 is 1.62 bits per heavy atom. The minimum absolute atomic E-state index is 0.0977. The second kappa shape index (κ2) is 4.61. The van der Waals surface area contributed by atoms with E-state index in [-0.39, 0.29) is 6.42 Å². The average molecular weight is 243 g/mol. The molecule has 1 atom stereocenters. The van der Waals surface area contributed by atoms with Crippen LogP contribution in [0.1, 0.15) is 16.8 Å². The van der Waals surface area contributed by atoms with Crippen molar-refractivity contribution in [1.82, 2.24) is 4.98 Å². The molecule has 0 aliphatic heterocycles. The highest BCUT2D eigenvalue weighted by atomic mass is 32.1. The summed E-state index contributed by atoms with van der Waals surface area (Å²) >= 11 is 1.38. The van der Waals surface area contributed by atoms with Crippen LogP contribution >= 0.6 is 11.3 Å². The van der Waals surface area contributed by atoms with Crippen LogP contribution in [0.4, 0.5) is 0 Å². The Hall–Kier alpha value is -1.43. The van der Waals surface area contributed by atoms with Gasteiger partial charge in [-0.2, -0.15) is 0 Å². The van der Waals surface area contributed by atoms with Gasteiger partial charge in [0.05, 0.1) is 12.1 Å². The van der Waals surface area contributed by atoms with Crippen LogP contribution in [0.2, 0.25) is 0 Å². The van der Waals surface area contributed by atoms with Gasteiger partial charge < -0.3 is 9.84 Å². The molecular formula is C10H13NO4S. The van der Waals surface area contributed by atoms with Crippen LogP contribution in [0.5, 0.6) is 0 Å². The number of carbonyl (C=O) groups is 2. The van der Waals surface area contributed by atoms with E-state index in [0.29, 0.717) is 0 Å². The third-order valence-corrected chi connectivity index (χ3v) is 3.22. The van der Waals surface area contributed by atoms with Crippen LogP contribution in [0.15, 0.2) is 6.20 Å². The lowest BCUT2D eigenvalue weighted by Crippen LogP contribution is -2.39. The van der Waals surface area contributed by atoms with Crippen molar-refractivity contribution in [2.24, 2.45) is 5.41 Å². The molecule has 1 rings (SSSR count). The van der Waals surface area contributed by atoms with Gasteiger partial charge in [-0.3, -0.25) is 9.59 Å². The number of nitrogens with zero attached hydrogens (tertiary/aromatic N) is 1. The first-order chi connectivity index (χ1) is 7.40. The molecule has 0 fully saturated rings. The van der Waals surface area contributed by atoms with Crippen LogP contribution in [0.3, 0.4) is 0 Å². The highest BCUT2D eigenvalue weighted by Gasteiger charge is 2.43. The van der Waals surface area contributed by atoms with Crippen molar-refractivity contribution < 1.29 is 19.4 Å². The fourth-order valence-corrected chi connectivity index (χ4v) is 2.25. The Balaban J connectivity index is 2.96. The first kappa shape index (κ1) is 12.6. The van der Waals surface area contributed by atoms with E-state index in [1.165, 1.54) is 25.4 Å². The third-order valence-electron chi connectivity index (χ3n) is 2.30. The van der Waals surface area contributed by atoms with E-state index in [4.69, 9.17) is 5.11 Å². The highest BCUT2D eigenvalue weighted by Crippen LogP contribution is 2.27. The minimum Gasteiger partial charge on any atom is -0.480 e. The van der Waals surface area contributed by atoms with Crippen LogP contribution in [0, 0.1) is 12.3 Å². The predicted molar refractivity (Wildman–Crippen MR) is 58.3 cm³/mol. The van der Waals surface area contributed by atoms with E-state index >= 15 is 0 Å². The highest BCUT2D eigenvalue weighted by molar-refractivity contribution is 7.11. The molecule has 0 bridgehead atoms. The first-order valence-corrected chi connectivity index (χ1v) is 5.45. The molecule has 1 unspecified atom stereocenters. The standard InChI is InChI=1S/C10H13NO4S/c1-6-11-5-7(16-6)4-10(2,8(12)13)9(14)15-3/h5H,4H2,1-3H3,(H,12,13). The number of carboxylic acid groups (broad SMARTS) is 1. The zero-order valence-electron chi connectivity index (χ0n) is 9.31. The van der Waals surface area contributed by atoms with Crippen molar-refractivity contribution in [2.75, 3.05) is 7.11 Å². The summed E-state index contributed by atoms with van der Waals surface area (Å²) in [6.07, 6.45) is 1.69. The van der Waals surface area contributed by atoms with Crippen LogP contribution in [0.25, 0.3) is 0 Å². The van der Waals surface area contributed by atoms with Crippen molar-refractivity contribution >= 4 is 23.3 Å². The van der Waals surface area contributed by atoms with Crippen LogP contribution < -0.4 is 0 Å². The number of esters is 1. The SMILES string of the molecule is COC(=O)C(C)(Cc1cnc(C)s1)C(=O)O. The molecule has 0 aliphatic carbocycles. The molecule has 0 spiro atoms. The van der Waals surface area contributed by atoms with Gasteiger partial charge in [0.15, 0.2) is 5.41 Å². The Morgan fingerprint density at radius 3 is 2.62 bits per heavy atom. The van der Waals surface area contributed by atoms with E-state index in [1.807, 2.05) is 6.92 Å². The first-order valence-electron chi connectivity index (χ1n) is 4.63. The Morgan fingerprint density at radius 2 is 2.25 bits per heavy atom. The van der Waals surface area contributed by atoms with Crippen molar-refractivity contribution in [2.45, 2.75) is 20.3 Å². The van der Waals surface area contributed by atoms with E-state index in [2.05, 4.69) is 9.72 Å².